The van der Waals surface area contributed by atoms with Gasteiger partial charge in [-0.25, -0.2) is 0 Å². The van der Waals surface area contributed by atoms with Gasteiger partial charge in [0.25, 0.3) is 0 Å². The summed E-state index contributed by atoms with van der Waals surface area (Å²) in [6, 6.07) is 0. The van der Waals surface area contributed by atoms with E-state index >= 15 is 0 Å². The fourth-order valence-corrected chi connectivity index (χ4v) is 12.5. The summed E-state index contributed by atoms with van der Waals surface area (Å²) in [5, 5.41) is 62.1. The Bertz CT molecular complexity index is 1290. The third-order valence-electron chi connectivity index (χ3n) is 15.6. The average molecular weight is 725 g/mol. The van der Waals surface area contributed by atoms with Crippen molar-refractivity contribution in [1.29, 1.82) is 0 Å². The van der Waals surface area contributed by atoms with Crippen LogP contribution in [-0.4, -0.2) is 130 Å². The number of fused-ring (bicyclic) bond motifs is 7. The minimum atomic E-state index is -1.56. The third-order valence-corrected chi connectivity index (χ3v) is 15.6. The molecule has 0 amide bonds. The molecule has 6 N–H and O–H groups in total. The number of aliphatic hydroxyl groups is 6. The molecule has 0 aromatic heterocycles. The fraction of sp³-hybridized carbons (Fsp3) is 0.974. The van der Waals surface area contributed by atoms with Crippen molar-refractivity contribution < 1.29 is 63.9 Å². The zero-order chi connectivity index (χ0) is 36.2. The van der Waals surface area contributed by atoms with Crippen LogP contribution in [-0.2, 0) is 33.2 Å². The third kappa shape index (κ3) is 5.82. The largest absolute Gasteiger partial charge is 0.388 e. The van der Waals surface area contributed by atoms with E-state index < -0.39 is 66.5 Å². The number of ether oxygens (including phenoxy) is 6. The summed E-state index contributed by atoms with van der Waals surface area (Å²) in [4.78, 5) is 14.5. The highest BCUT2D eigenvalue weighted by atomic mass is 16.7. The summed E-state index contributed by atoms with van der Waals surface area (Å²) < 4.78 is 36.5. The molecular weight excluding hydrogens is 664 g/mol. The van der Waals surface area contributed by atoms with Gasteiger partial charge in [-0.3, -0.25) is 4.79 Å². The zero-order valence-corrected chi connectivity index (χ0v) is 30.4. The topological polar surface area (TPSA) is 194 Å². The Hall–Kier alpha value is -0.810. The maximum absolute atomic E-state index is 14.5. The first-order chi connectivity index (χ1) is 24.2. The number of hydrogen-bond acceptors (Lipinski definition) is 13. The SMILES string of the molecule is C[C@@H]1CC[C@@]2(OC1)O[C@H]1C[C@H]3[C@@H]4CC[C@H]5C[C@@H](O[C@@H]6O[C@H](CO[C@@H]7OC[C@H](O)[C@H](O)[C@H]7O)[C@@H](O)[C@H](O)[C@H]6O)CC[C@]5(C)[C@H]4CC(=O)[C@]3(C)[C@H]1[C@@H]2C. The molecule has 0 bridgehead atoms. The number of ketones is 1. The van der Waals surface area contributed by atoms with Gasteiger partial charge in [0, 0.05) is 30.1 Å². The molecule has 4 heterocycles. The Morgan fingerprint density at radius 2 is 1.59 bits per heavy atom. The lowest BCUT2D eigenvalue weighted by molar-refractivity contribution is -0.330. The molecule has 0 radical (unpaired) electrons. The van der Waals surface area contributed by atoms with Crippen LogP contribution in [0.25, 0.3) is 0 Å². The highest BCUT2D eigenvalue weighted by Crippen LogP contribution is 2.70. The number of carbonyl (C=O) groups excluding carboxylic acids is 1. The van der Waals surface area contributed by atoms with Gasteiger partial charge in [-0.1, -0.05) is 27.7 Å². The number of hydrogen-bond donors (Lipinski definition) is 6. The average Bonchev–Trinajstić information content (AvgIpc) is 3.56. The molecule has 13 nitrogen and oxygen atoms in total. The lowest BCUT2D eigenvalue weighted by Gasteiger charge is -2.60. The van der Waals surface area contributed by atoms with Crippen LogP contribution in [0.4, 0.5) is 0 Å². The fourth-order valence-electron chi connectivity index (χ4n) is 12.5. The van der Waals surface area contributed by atoms with Crippen LogP contribution in [0.3, 0.4) is 0 Å². The molecule has 21 atom stereocenters. The molecule has 8 fully saturated rings. The van der Waals surface area contributed by atoms with Crippen molar-refractivity contribution in [2.24, 2.45) is 52.3 Å². The van der Waals surface area contributed by atoms with Crippen molar-refractivity contribution in [2.75, 3.05) is 19.8 Å². The first-order valence-electron chi connectivity index (χ1n) is 19.7. The Morgan fingerprint density at radius 1 is 0.824 bits per heavy atom. The van der Waals surface area contributed by atoms with Crippen LogP contribution in [0, 0.1) is 52.3 Å². The smallest absolute Gasteiger partial charge is 0.186 e. The Balaban J connectivity index is 0.907. The van der Waals surface area contributed by atoms with E-state index in [1.54, 1.807) is 0 Å². The molecule has 0 unspecified atom stereocenters. The van der Waals surface area contributed by atoms with Gasteiger partial charge in [-0.05, 0) is 80.0 Å². The van der Waals surface area contributed by atoms with Gasteiger partial charge < -0.3 is 59.1 Å². The number of aliphatic hydroxyl groups excluding tert-OH is 6. The van der Waals surface area contributed by atoms with Gasteiger partial charge in [0.15, 0.2) is 18.4 Å². The number of Topliss-reactive ketones (excluding diaryl/α,β-unsaturated/α-hetero) is 1. The lowest BCUT2D eigenvalue weighted by atomic mass is 9.44. The first kappa shape index (κ1) is 37.1. The van der Waals surface area contributed by atoms with Gasteiger partial charge in [0.1, 0.15) is 48.5 Å². The molecule has 8 rings (SSSR count). The molecule has 8 aliphatic rings. The van der Waals surface area contributed by atoms with Crippen LogP contribution in [0.1, 0.15) is 85.5 Å². The van der Waals surface area contributed by atoms with Crippen molar-refractivity contribution >= 4 is 5.78 Å². The van der Waals surface area contributed by atoms with Gasteiger partial charge in [0.05, 0.1) is 32.0 Å². The van der Waals surface area contributed by atoms with Gasteiger partial charge in [0.2, 0.25) is 0 Å². The van der Waals surface area contributed by atoms with Gasteiger partial charge >= 0.3 is 0 Å². The second kappa shape index (κ2) is 13.4. The second-order valence-corrected chi connectivity index (χ2v) is 18.2. The molecule has 51 heavy (non-hydrogen) atoms. The summed E-state index contributed by atoms with van der Waals surface area (Å²) in [6.07, 6.45) is -4.63. The van der Waals surface area contributed by atoms with Crippen LogP contribution in [0.2, 0.25) is 0 Å². The van der Waals surface area contributed by atoms with Gasteiger partial charge in [-0.2, -0.15) is 0 Å². The van der Waals surface area contributed by atoms with E-state index in [1.165, 1.54) is 0 Å². The van der Waals surface area contributed by atoms with E-state index in [2.05, 4.69) is 27.7 Å². The van der Waals surface area contributed by atoms with Crippen LogP contribution >= 0.6 is 0 Å². The second-order valence-electron chi connectivity index (χ2n) is 18.2. The highest BCUT2D eigenvalue weighted by molar-refractivity contribution is 5.87. The predicted octanol–water partition coefficient (Wildman–Crippen LogP) is 1.26. The molecule has 13 heteroatoms. The molecule has 1 spiro atoms. The summed E-state index contributed by atoms with van der Waals surface area (Å²) >= 11 is 0. The molecule has 4 aliphatic carbocycles. The molecule has 4 aliphatic heterocycles. The normalized spacial score (nSPS) is 58.5. The van der Waals surface area contributed by atoms with E-state index in [9.17, 15) is 35.4 Å². The maximum Gasteiger partial charge on any atom is 0.186 e. The van der Waals surface area contributed by atoms with E-state index in [1.807, 2.05) is 0 Å². The molecule has 290 valence electrons. The Morgan fingerprint density at radius 3 is 2.33 bits per heavy atom. The molecule has 0 aromatic rings. The summed E-state index contributed by atoms with van der Waals surface area (Å²) in [6.45, 7) is 9.27. The first-order valence-corrected chi connectivity index (χ1v) is 19.7. The maximum atomic E-state index is 14.5. The van der Waals surface area contributed by atoms with Crippen LogP contribution in [0.15, 0.2) is 0 Å². The Kier molecular flexibility index (Phi) is 9.79. The lowest BCUT2D eigenvalue weighted by Crippen LogP contribution is -2.61. The minimum absolute atomic E-state index is 0.0229. The van der Waals surface area contributed by atoms with Gasteiger partial charge in [-0.15, -0.1) is 0 Å². The summed E-state index contributed by atoms with van der Waals surface area (Å²) in [5.74, 6) is 2.14. The van der Waals surface area contributed by atoms with Crippen LogP contribution < -0.4 is 0 Å². The highest BCUT2D eigenvalue weighted by Gasteiger charge is 2.72. The van der Waals surface area contributed by atoms with Crippen molar-refractivity contribution in [1.82, 2.24) is 0 Å². The quantitative estimate of drug-likeness (QED) is 0.222. The molecule has 4 saturated heterocycles. The summed E-state index contributed by atoms with van der Waals surface area (Å²) in [5.41, 5.74) is -0.419. The van der Waals surface area contributed by atoms with E-state index in [0.717, 1.165) is 51.6 Å². The number of carbonyl (C=O) groups is 1. The van der Waals surface area contributed by atoms with Crippen molar-refractivity contribution in [3.63, 3.8) is 0 Å². The molecule has 4 saturated carbocycles. The number of rotatable bonds is 5. The van der Waals surface area contributed by atoms with Crippen molar-refractivity contribution in [3.05, 3.63) is 0 Å². The summed E-state index contributed by atoms with van der Waals surface area (Å²) in [7, 11) is 0. The van der Waals surface area contributed by atoms with E-state index in [0.29, 0.717) is 48.2 Å². The molecular formula is C38H60O13. The minimum Gasteiger partial charge on any atom is -0.388 e. The van der Waals surface area contributed by atoms with Crippen molar-refractivity contribution in [3.8, 4) is 0 Å². The van der Waals surface area contributed by atoms with E-state index in [4.69, 9.17) is 28.4 Å². The van der Waals surface area contributed by atoms with Crippen molar-refractivity contribution in [2.45, 2.75) is 159 Å². The molecule has 0 aromatic carbocycles. The predicted molar refractivity (Wildman–Crippen MR) is 177 cm³/mol. The van der Waals surface area contributed by atoms with E-state index in [-0.39, 0.29) is 42.7 Å². The van der Waals surface area contributed by atoms with Crippen LogP contribution in [0.5, 0.6) is 0 Å². The zero-order valence-electron chi connectivity index (χ0n) is 30.4. The Labute approximate surface area is 300 Å². The standard InChI is InChI=1S/C38H60O13/c1-17-7-10-38(48-14-17)18(2)28-25(51-38)12-23-21-6-5-19-11-20(8-9-36(19,3)22(21)13-27(40)37(23,28)4)49-35-33(45)31(43)30(42)26(50-35)16-47-34-32(44)29(41)24(39)15-46-34/h17-26,28-35,39,41-45H,5-16H2,1-4H3/t17-,18+,19+,20+,21-,22+,23+,24+,25+,26-,28+,29+,30-,31+,32-,33-,34+,35-,36+,37-,38-/m1/s1. The monoisotopic (exact) mass is 724 g/mol.